The van der Waals surface area contributed by atoms with Crippen LogP contribution in [0.2, 0.25) is 5.02 Å². The third-order valence-electron chi connectivity index (χ3n) is 2.94. The zero-order chi connectivity index (χ0) is 16.0. The van der Waals surface area contributed by atoms with E-state index in [2.05, 4.69) is 4.74 Å². The number of ketones is 1. The van der Waals surface area contributed by atoms with Gasteiger partial charge in [-0.3, -0.25) is 9.59 Å². The Bertz CT molecular complexity index is 523. The molecule has 0 aliphatic carbocycles. The van der Waals surface area contributed by atoms with Gasteiger partial charge in [0, 0.05) is 17.9 Å². The molecule has 0 spiro atoms. The topological polar surface area (TPSA) is 52.6 Å². The van der Waals surface area contributed by atoms with Crippen LogP contribution < -0.4 is 4.74 Å². The van der Waals surface area contributed by atoms with Gasteiger partial charge in [-0.25, -0.2) is 0 Å². The lowest BCUT2D eigenvalue weighted by atomic mass is 10.0. The molecule has 0 aliphatic rings. The van der Waals surface area contributed by atoms with Crippen molar-refractivity contribution in [2.24, 2.45) is 0 Å². The summed E-state index contributed by atoms with van der Waals surface area (Å²) in [5.41, 5.74) is 1.32. The summed E-state index contributed by atoms with van der Waals surface area (Å²) < 4.78 is 10.2. The first-order valence-electron chi connectivity index (χ1n) is 6.92. The quantitative estimate of drug-likeness (QED) is 0.565. The first-order chi connectivity index (χ1) is 9.85. The van der Waals surface area contributed by atoms with Crippen LogP contribution in [-0.4, -0.2) is 25.0 Å². The van der Waals surface area contributed by atoms with Crippen LogP contribution in [0.15, 0.2) is 12.1 Å². The van der Waals surface area contributed by atoms with Crippen molar-refractivity contribution in [2.45, 2.75) is 46.1 Å². The summed E-state index contributed by atoms with van der Waals surface area (Å²) in [6, 6.07) is 3.41. The number of esters is 1. The Morgan fingerprint density at radius 3 is 2.48 bits per heavy atom. The maximum absolute atomic E-state index is 12.3. The summed E-state index contributed by atoms with van der Waals surface area (Å²) in [5, 5.41) is 0.530. The van der Waals surface area contributed by atoms with E-state index in [4.69, 9.17) is 16.3 Å². The van der Waals surface area contributed by atoms with Crippen molar-refractivity contribution in [1.29, 1.82) is 0 Å². The maximum atomic E-state index is 12.3. The van der Waals surface area contributed by atoms with E-state index in [1.165, 1.54) is 7.11 Å². The molecule has 0 atom stereocenters. The molecule has 0 bridgehead atoms. The standard InChI is InChI=1S/C16H21ClO4/c1-10(2)21-15-8-11(3)13(17)9-12(15)14(18)6-5-7-16(19)20-4/h8-10H,5-7H2,1-4H3. The third-order valence-corrected chi connectivity index (χ3v) is 3.34. The summed E-state index contributed by atoms with van der Waals surface area (Å²) in [5.74, 6) is 0.134. The monoisotopic (exact) mass is 312 g/mol. The lowest BCUT2D eigenvalue weighted by molar-refractivity contribution is -0.140. The molecule has 116 valence electrons. The molecule has 0 saturated carbocycles. The van der Waals surface area contributed by atoms with E-state index in [9.17, 15) is 9.59 Å². The molecule has 0 aliphatic heterocycles. The van der Waals surface area contributed by atoms with Gasteiger partial charge in [0.25, 0.3) is 0 Å². The normalized spacial score (nSPS) is 10.6. The van der Waals surface area contributed by atoms with Crippen molar-refractivity contribution in [3.63, 3.8) is 0 Å². The van der Waals surface area contributed by atoms with Gasteiger partial charge in [-0.1, -0.05) is 11.6 Å². The maximum Gasteiger partial charge on any atom is 0.305 e. The van der Waals surface area contributed by atoms with Crippen LogP contribution in [0.1, 0.15) is 49.0 Å². The van der Waals surface area contributed by atoms with Crippen molar-refractivity contribution in [1.82, 2.24) is 0 Å². The minimum atomic E-state index is -0.316. The number of ether oxygens (including phenoxy) is 2. The molecule has 0 saturated heterocycles. The van der Waals surface area contributed by atoms with E-state index in [1.54, 1.807) is 12.1 Å². The van der Waals surface area contributed by atoms with Gasteiger partial charge in [-0.05, 0) is 44.9 Å². The molecule has 0 fully saturated rings. The Hall–Kier alpha value is -1.55. The molecule has 0 unspecified atom stereocenters. The zero-order valence-electron chi connectivity index (χ0n) is 12.9. The average Bonchev–Trinajstić information content (AvgIpc) is 2.41. The number of carbonyl (C=O) groups excluding carboxylic acids is 2. The number of Topliss-reactive ketones (excluding diaryl/α,β-unsaturated/α-hetero) is 1. The van der Waals surface area contributed by atoms with Gasteiger partial charge in [-0.15, -0.1) is 0 Å². The Morgan fingerprint density at radius 2 is 1.90 bits per heavy atom. The molecule has 5 heteroatoms. The predicted octanol–water partition coefficient (Wildman–Crippen LogP) is 3.96. The zero-order valence-corrected chi connectivity index (χ0v) is 13.6. The number of halogens is 1. The number of hydrogen-bond donors (Lipinski definition) is 0. The molecule has 0 heterocycles. The van der Waals surface area contributed by atoms with E-state index in [0.717, 1.165) is 5.56 Å². The molecule has 1 aromatic carbocycles. The molecule has 0 radical (unpaired) electrons. The lowest BCUT2D eigenvalue weighted by Crippen LogP contribution is -2.11. The summed E-state index contributed by atoms with van der Waals surface area (Å²) in [6.07, 6.45) is 0.885. The van der Waals surface area contributed by atoms with Crippen molar-refractivity contribution in [3.05, 3.63) is 28.3 Å². The van der Waals surface area contributed by atoms with Crippen LogP contribution in [0.5, 0.6) is 5.75 Å². The van der Waals surface area contributed by atoms with Crippen molar-refractivity contribution in [3.8, 4) is 5.75 Å². The van der Waals surface area contributed by atoms with Gasteiger partial charge in [0.15, 0.2) is 5.78 Å². The SMILES string of the molecule is COC(=O)CCCC(=O)c1cc(Cl)c(C)cc1OC(C)C. The minimum Gasteiger partial charge on any atom is -0.490 e. The van der Waals surface area contributed by atoms with Crippen molar-refractivity contribution >= 4 is 23.4 Å². The van der Waals surface area contributed by atoms with E-state index in [0.29, 0.717) is 22.8 Å². The van der Waals surface area contributed by atoms with E-state index in [1.807, 2.05) is 20.8 Å². The number of carbonyl (C=O) groups is 2. The second-order valence-corrected chi connectivity index (χ2v) is 5.52. The fourth-order valence-corrected chi connectivity index (χ4v) is 2.02. The van der Waals surface area contributed by atoms with Crippen LogP contribution in [-0.2, 0) is 9.53 Å². The van der Waals surface area contributed by atoms with Crippen molar-refractivity contribution < 1.29 is 19.1 Å². The number of aryl methyl sites for hydroxylation is 1. The van der Waals surface area contributed by atoms with Gasteiger partial charge in [0.05, 0.1) is 18.8 Å². The Balaban J connectivity index is 2.86. The van der Waals surface area contributed by atoms with Crippen LogP contribution in [0.4, 0.5) is 0 Å². The number of benzene rings is 1. The second kappa shape index (κ2) is 8.03. The van der Waals surface area contributed by atoms with E-state index in [-0.39, 0.29) is 30.7 Å². The van der Waals surface area contributed by atoms with Gasteiger partial charge >= 0.3 is 5.97 Å². The lowest BCUT2D eigenvalue weighted by Gasteiger charge is -2.15. The largest absolute Gasteiger partial charge is 0.490 e. The van der Waals surface area contributed by atoms with E-state index >= 15 is 0 Å². The van der Waals surface area contributed by atoms with Crippen LogP contribution >= 0.6 is 11.6 Å². The first kappa shape index (κ1) is 17.5. The van der Waals surface area contributed by atoms with Crippen LogP contribution in [0.25, 0.3) is 0 Å². The first-order valence-corrected chi connectivity index (χ1v) is 7.29. The molecule has 1 aromatic rings. The Morgan fingerprint density at radius 1 is 1.24 bits per heavy atom. The smallest absolute Gasteiger partial charge is 0.305 e. The predicted molar refractivity (Wildman–Crippen MR) is 82.2 cm³/mol. The van der Waals surface area contributed by atoms with Gasteiger partial charge in [0.2, 0.25) is 0 Å². The minimum absolute atomic E-state index is 0.0350. The number of methoxy groups -OCH3 is 1. The highest BCUT2D eigenvalue weighted by Gasteiger charge is 2.16. The highest BCUT2D eigenvalue weighted by molar-refractivity contribution is 6.31. The van der Waals surface area contributed by atoms with Gasteiger partial charge in [-0.2, -0.15) is 0 Å². The summed E-state index contributed by atoms with van der Waals surface area (Å²) >= 11 is 6.09. The third kappa shape index (κ3) is 5.38. The fourth-order valence-electron chi connectivity index (χ4n) is 1.85. The van der Waals surface area contributed by atoms with Crippen molar-refractivity contribution in [2.75, 3.05) is 7.11 Å². The molecule has 21 heavy (non-hydrogen) atoms. The Labute approximate surface area is 130 Å². The molecule has 1 rings (SSSR count). The summed E-state index contributed by atoms with van der Waals surface area (Å²) in [7, 11) is 1.33. The highest BCUT2D eigenvalue weighted by atomic mass is 35.5. The van der Waals surface area contributed by atoms with Crippen LogP contribution in [0.3, 0.4) is 0 Å². The summed E-state index contributed by atoms with van der Waals surface area (Å²) in [6.45, 7) is 5.66. The molecule has 0 amide bonds. The summed E-state index contributed by atoms with van der Waals surface area (Å²) in [4.78, 5) is 23.4. The molecular weight excluding hydrogens is 292 g/mol. The van der Waals surface area contributed by atoms with Gasteiger partial charge < -0.3 is 9.47 Å². The van der Waals surface area contributed by atoms with Crippen LogP contribution in [0, 0.1) is 6.92 Å². The second-order valence-electron chi connectivity index (χ2n) is 5.12. The fraction of sp³-hybridized carbons (Fsp3) is 0.500. The van der Waals surface area contributed by atoms with Gasteiger partial charge in [0.1, 0.15) is 5.75 Å². The molecule has 0 aromatic heterocycles. The number of rotatable bonds is 7. The van der Waals surface area contributed by atoms with E-state index < -0.39 is 0 Å². The number of hydrogen-bond acceptors (Lipinski definition) is 4. The molecule has 4 nitrogen and oxygen atoms in total. The average molecular weight is 313 g/mol. The molecular formula is C16H21ClO4. The highest BCUT2D eigenvalue weighted by Crippen LogP contribution is 2.29. The Kier molecular flexibility index (Phi) is 6.69. The molecule has 0 N–H and O–H groups in total.